The number of H-pyrrole nitrogens is 1. The van der Waals surface area contributed by atoms with E-state index in [-0.39, 0.29) is 16.2 Å². The van der Waals surface area contributed by atoms with Crippen molar-refractivity contribution in [3.05, 3.63) is 92.5 Å². The van der Waals surface area contributed by atoms with Gasteiger partial charge < -0.3 is 15.0 Å². The minimum absolute atomic E-state index is 0.229. The molecule has 0 aliphatic heterocycles. The summed E-state index contributed by atoms with van der Waals surface area (Å²) in [5.41, 5.74) is 4.10. The number of rotatable bonds is 4. The Morgan fingerprint density at radius 1 is 1.06 bits per heavy atom. The molecule has 2 N–H and O–H groups in total. The summed E-state index contributed by atoms with van der Waals surface area (Å²) in [6.07, 6.45) is 0. The second kappa shape index (κ2) is 8.20. The summed E-state index contributed by atoms with van der Waals surface area (Å²) < 4.78 is 6.96. The fraction of sp³-hybridized carbons (Fsp3) is 0.125. The number of aryl methyl sites for hydroxylation is 1. The molecule has 0 bridgehead atoms. The van der Waals surface area contributed by atoms with E-state index in [9.17, 15) is 9.59 Å². The van der Waals surface area contributed by atoms with Gasteiger partial charge in [0.2, 0.25) is 0 Å². The maximum absolute atomic E-state index is 13.2. The van der Waals surface area contributed by atoms with Crippen molar-refractivity contribution in [3.63, 3.8) is 0 Å². The number of methoxy groups -OCH3 is 1. The number of anilines is 1. The maximum Gasteiger partial charge on any atom is 0.266 e. The Kier molecular flexibility index (Phi) is 5.44. The molecule has 0 radical (unpaired) electrons. The Balaban J connectivity index is 1.75. The molecule has 0 atom stereocenters. The lowest BCUT2D eigenvalue weighted by molar-refractivity contribution is 0.102. The molecule has 0 spiro atoms. The molecule has 4 rings (SSSR count). The fourth-order valence-corrected chi connectivity index (χ4v) is 3.75. The van der Waals surface area contributed by atoms with Crippen molar-refractivity contribution < 1.29 is 9.53 Å². The van der Waals surface area contributed by atoms with Crippen LogP contribution >= 0.6 is 12.2 Å². The van der Waals surface area contributed by atoms with Crippen LogP contribution in [0.3, 0.4) is 0 Å². The molecular weight excluding hydrogens is 410 g/mol. The number of ether oxygens (including phenoxy) is 1. The third-order valence-electron chi connectivity index (χ3n) is 5.30. The van der Waals surface area contributed by atoms with Crippen LogP contribution in [0.1, 0.15) is 21.5 Å². The molecule has 0 saturated heterocycles. The van der Waals surface area contributed by atoms with E-state index >= 15 is 0 Å². The molecule has 31 heavy (non-hydrogen) atoms. The average molecular weight is 432 g/mol. The highest BCUT2D eigenvalue weighted by atomic mass is 32.1. The number of amides is 1. The van der Waals surface area contributed by atoms with Crippen LogP contribution in [0.2, 0.25) is 0 Å². The normalized spacial score (nSPS) is 10.8. The van der Waals surface area contributed by atoms with E-state index < -0.39 is 0 Å². The topological polar surface area (TPSA) is 76.1 Å². The van der Waals surface area contributed by atoms with E-state index in [1.165, 1.54) is 4.57 Å². The predicted molar refractivity (Wildman–Crippen MR) is 125 cm³/mol. The van der Waals surface area contributed by atoms with Crippen LogP contribution in [0.15, 0.2) is 65.5 Å². The number of nitrogens with one attached hydrogen (secondary N) is 2. The molecule has 0 aliphatic rings. The Labute approximate surface area is 184 Å². The molecule has 6 nitrogen and oxygen atoms in total. The summed E-state index contributed by atoms with van der Waals surface area (Å²) in [7, 11) is 1.57. The van der Waals surface area contributed by atoms with Gasteiger partial charge in [0.05, 0.1) is 23.7 Å². The highest BCUT2D eigenvalue weighted by molar-refractivity contribution is 7.71. The number of carbonyl (C=O) groups is 1. The lowest BCUT2D eigenvalue weighted by Gasteiger charge is -2.13. The fourth-order valence-electron chi connectivity index (χ4n) is 3.46. The first kappa shape index (κ1) is 20.6. The quantitative estimate of drug-likeness (QED) is 0.450. The van der Waals surface area contributed by atoms with Gasteiger partial charge in [-0.25, -0.2) is 0 Å². The van der Waals surface area contributed by atoms with Gasteiger partial charge in [-0.3, -0.25) is 14.2 Å². The van der Waals surface area contributed by atoms with E-state index in [1.54, 1.807) is 49.6 Å². The van der Waals surface area contributed by atoms with E-state index in [2.05, 4.69) is 10.3 Å². The van der Waals surface area contributed by atoms with Gasteiger partial charge in [-0.05, 0) is 73.6 Å². The first-order valence-corrected chi connectivity index (χ1v) is 10.1. The van der Waals surface area contributed by atoms with Gasteiger partial charge in [-0.15, -0.1) is 0 Å². The minimum atomic E-state index is -0.298. The van der Waals surface area contributed by atoms with Crippen LogP contribution < -0.4 is 15.6 Å². The van der Waals surface area contributed by atoms with E-state index in [0.29, 0.717) is 27.9 Å². The Morgan fingerprint density at radius 2 is 1.84 bits per heavy atom. The third kappa shape index (κ3) is 3.87. The summed E-state index contributed by atoms with van der Waals surface area (Å²) in [6, 6.07) is 17.8. The Bertz CT molecular complexity index is 1440. The molecule has 0 saturated carbocycles. The largest absolute Gasteiger partial charge is 0.497 e. The van der Waals surface area contributed by atoms with Crippen molar-refractivity contribution in [2.45, 2.75) is 13.8 Å². The average Bonchev–Trinajstić information content (AvgIpc) is 2.76. The van der Waals surface area contributed by atoms with Gasteiger partial charge in [0.1, 0.15) is 5.75 Å². The number of benzene rings is 3. The van der Waals surface area contributed by atoms with Gasteiger partial charge in [-0.1, -0.05) is 18.2 Å². The second-order valence-corrected chi connectivity index (χ2v) is 7.62. The van der Waals surface area contributed by atoms with Crippen LogP contribution in [0.4, 0.5) is 5.69 Å². The smallest absolute Gasteiger partial charge is 0.266 e. The Hall–Kier alpha value is -3.71. The second-order valence-electron chi connectivity index (χ2n) is 7.24. The molecule has 0 aliphatic carbocycles. The zero-order chi connectivity index (χ0) is 22.1. The van der Waals surface area contributed by atoms with Gasteiger partial charge in [-0.2, -0.15) is 0 Å². The van der Waals surface area contributed by atoms with Crippen molar-refractivity contribution in [1.82, 2.24) is 9.55 Å². The molecule has 0 fully saturated rings. The van der Waals surface area contributed by atoms with Crippen LogP contribution in [0.5, 0.6) is 5.75 Å². The van der Waals surface area contributed by atoms with Crippen molar-refractivity contribution in [1.29, 1.82) is 0 Å². The van der Waals surface area contributed by atoms with E-state index in [0.717, 1.165) is 16.8 Å². The summed E-state index contributed by atoms with van der Waals surface area (Å²) in [5, 5.41) is 3.29. The third-order valence-corrected chi connectivity index (χ3v) is 5.59. The van der Waals surface area contributed by atoms with Gasteiger partial charge >= 0.3 is 0 Å². The Morgan fingerprint density at radius 3 is 2.61 bits per heavy atom. The SMILES string of the molecule is COc1cccc(NC(=O)c2ccc3c(=O)n(-c4cccc(C)c4C)c(=S)[nH]c3c2)c1. The minimum Gasteiger partial charge on any atom is -0.497 e. The van der Waals surface area contributed by atoms with E-state index in [1.807, 2.05) is 32.0 Å². The molecule has 3 aromatic carbocycles. The molecule has 1 amide bonds. The summed E-state index contributed by atoms with van der Waals surface area (Å²) >= 11 is 5.49. The molecule has 156 valence electrons. The number of carbonyl (C=O) groups excluding carboxylic acids is 1. The highest BCUT2D eigenvalue weighted by Gasteiger charge is 2.13. The predicted octanol–water partition coefficient (Wildman–Crippen LogP) is 4.93. The molecule has 1 heterocycles. The number of aromatic nitrogens is 2. The summed E-state index contributed by atoms with van der Waals surface area (Å²) in [4.78, 5) is 29.0. The lowest BCUT2D eigenvalue weighted by Crippen LogP contribution is -2.22. The molecule has 7 heteroatoms. The monoisotopic (exact) mass is 431 g/mol. The molecule has 1 aromatic heterocycles. The lowest BCUT2D eigenvalue weighted by atomic mass is 10.1. The van der Waals surface area contributed by atoms with E-state index in [4.69, 9.17) is 17.0 Å². The van der Waals surface area contributed by atoms with Crippen LogP contribution in [0.25, 0.3) is 16.6 Å². The van der Waals surface area contributed by atoms with Crippen molar-refractivity contribution in [2.75, 3.05) is 12.4 Å². The summed E-state index contributed by atoms with van der Waals surface area (Å²) in [6.45, 7) is 3.95. The maximum atomic E-state index is 13.2. The first-order valence-electron chi connectivity index (χ1n) is 9.70. The first-order chi connectivity index (χ1) is 14.9. The number of aromatic amines is 1. The van der Waals surface area contributed by atoms with Gasteiger partial charge in [0.15, 0.2) is 4.77 Å². The zero-order valence-corrected chi connectivity index (χ0v) is 18.2. The highest BCUT2D eigenvalue weighted by Crippen LogP contribution is 2.20. The molecule has 4 aromatic rings. The van der Waals surface area contributed by atoms with Crippen LogP contribution in [-0.4, -0.2) is 22.6 Å². The number of nitrogens with zero attached hydrogens (tertiary/aromatic N) is 1. The molecule has 0 unspecified atom stereocenters. The zero-order valence-electron chi connectivity index (χ0n) is 17.4. The van der Waals surface area contributed by atoms with Crippen molar-refractivity contribution in [3.8, 4) is 11.4 Å². The number of hydrogen-bond donors (Lipinski definition) is 2. The summed E-state index contributed by atoms with van der Waals surface area (Å²) in [5.74, 6) is 0.348. The van der Waals surface area contributed by atoms with Gasteiger partial charge in [0, 0.05) is 17.3 Å². The number of hydrogen-bond acceptors (Lipinski definition) is 4. The van der Waals surface area contributed by atoms with Crippen LogP contribution in [-0.2, 0) is 0 Å². The van der Waals surface area contributed by atoms with Crippen LogP contribution in [0, 0.1) is 18.6 Å². The molecular formula is C24H21N3O3S. The standard InChI is InChI=1S/C24H21N3O3S/c1-14-6-4-9-21(15(14)2)27-23(29)19-11-10-16(12-20(19)26-24(27)31)22(28)25-17-7-5-8-18(13-17)30-3/h4-13H,1-3H3,(H,25,28)(H,26,31). The van der Waals surface area contributed by atoms with Crippen molar-refractivity contribution >= 4 is 34.7 Å². The van der Waals surface area contributed by atoms with Gasteiger partial charge in [0.25, 0.3) is 11.5 Å². The number of fused-ring (bicyclic) bond motifs is 1. The van der Waals surface area contributed by atoms with Crippen molar-refractivity contribution in [2.24, 2.45) is 0 Å².